The van der Waals surface area contributed by atoms with Crippen LogP contribution in [0.2, 0.25) is 0 Å². The minimum absolute atomic E-state index is 0.0683. The van der Waals surface area contributed by atoms with Gasteiger partial charge in [-0.05, 0) is 24.1 Å². The van der Waals surface area contributed by atoms with Crippen molar-refractivity contribution < 1.29 is 14.9 Å². The molecule has 0 saturated carbocycles. The monoisotopic (exact) mass is 230 g/mol. The van der Waals surface area contributed by atoms with Gasteiger partial charge in [0.25, 0.3) is 0 Å². The summed E-state index contributed by atoms with van der Waals surface area (Å²) in [6, 6.07) is 12.5. The Bertz CT molecular complexity index is 506. The maximum atomic E-state index is 9.76. The van der Waals surface area contributed by atoms with Crippen LogP contribution in [0.15, 0.2) is 42.5 Å². The van der Waals surface area contributed by atoms with Crippen molar-refractivity contribution in [2.24, 2.45) is 0 Å². The highest BCUT2D eigenvalue weighted by molar-refractivity contribution is 5.49. The molecule has 0 aliphatic carbocycles. The molecular weight excluding hydrogens is 216 g/mol. The number of ether oxygens (including phenoxy) is 1. The van der Waals surface area contributed by atoms with Crippen molar-refractivity contribution in [2.45, 2.75) is 13.5 Å². The standard InChI is InChI=1S/C14H14O3/c1-10-7-12(15)8-13(14(10)16)17-9-11-5-3-2-4-6-11/h2-8,15-16H,9H2,1H3. The first kappa shape index (κ1) is 11.3. The number of hydrogen-bond acceptors (Lipinski definition) is 3. The van der Waals surface area contributed by atoms with Crippen LogP contribution in [-0.4, -0.2) is 10.2 Å². The second kappa shape index (κ2) is 4.78. The third kappa shape index (κ3) is 2.69. The fourth-order valence-corrected chi connectivity index (χ4v) is 1.57. The smallest absolute Gasteiger partial charge is 0.165 e. The molecule has 3 nitrogen and oxygen atoms in total. The van der Waals surface area contributed by atoms with Gasteiger partial charge in [0.05, 0.1) is 0 Å². The fraction of sp³-hybridized carbons (Fsp3) is 0.143. The van der Waals surface area contributed by atoms with Crippen molar-refractivity contribution in [2.75, 3.05) is 0 Å². The summed E-state index contributed by atoms with van der Waals surface area (Å²) in [7, 11) is 0. The van der Waals surface area contributed by atoms with E-state index in [9.17, 15) is 10.2 Å². The lowest BCUT2D eigenvalue weighted by Gasteiger charge is -2.10. The normalized spacial score (nSPS) is 10.2. The third-order valence-corrected chi connectivity index (χ3v) is 2.49. The van der Waals surface area contributed by atoms with Crippen molar-refractivity contribution in [1.29, 1.82) is 0 Å². The van der Waals surface area contributed by atoms with Crippen LogP contribution in [0.25, 0.3) is 0 Å². The van der Waals surface area contributed by atoms with Gasteiger partial charge in [0.1, 0.15) is 12.4 Å². The van der Waals surface area contributed by atoms with Gasteiger partial charge < -0.3 is 14.9 Å². The molecule has 0 aliphatic rings. The van der Waals surface area contributed by atoms with Crippen LogP contribution in [0, 0.1) is 6.92 Å². The van der Waals surface area contributed by atoms with E-state index in [2.05, 4.69) is 0 Å². The van der Waals surface area contributed by atoms with Gasteiger partial charge in [-0.2, -0.15) is 0 Å². The molecule has 0 heterocycles. The molecule has 2 rings (SSSR count). The van der Waals surface area contributed by atoms with Crippen LogP contribution < -0.4 is 4.74 Å². The van der Waals surface area contributed by atoms with E-state index in [1.54, 1.807) is 6.92 Å². The molecule has 0 amide bonds. The number of rotatable bonds is 3. The number of aromatic hydroxyl groups is 2. The van der Waals surface area contributed by atoms with Crippen LogP contribution in [0.4, 0.5) is 0 Å². The van der Waals surface area contributed by atoms with E-state index in [0.717, 1.165) is 5.56 Å². The molecule has 0 bridgehead atoms. The minimum atomic E-state index is 0.0683. The Balaban J connectivity index is 2.14. The van der Waals surface area contributed by atoms with Crippen LogP contribution >= 0.6 is 0 Å². The Morgan fingerprint density at radius 3 is 2.47 bits per heavy atom. The lowest BCUT2D eigenvalue weighted by Crippen LogP contribution is -1.95. The van der Waals surface area contributed by atoms with Crippen LogP contribution in [0.3, 0.4) is 0 Å². The molecule has 0 aliphatic heterocycles. The lowest BCUT2D eigenvalue weighted by molar-refractivity contribution is 0.286. The second-order valence-electron chi connectivity index (χ2n) is 3.88. The lowest BCUT2D eigenvalue weighted by atomic mass is 10.2. The number of hydrogen-bond donors (Lipinski definition) is 2. The fourth-order valence-electron chi connectivity index (χ4n) is 1.57. The summed E-state index contributed by atoms with van der Waals surface area (Å²) in [5.74, 6) is 0.452. The molecule has 0 aromatic heterocycles. The van der Waals surface area contributed by atoms with Crippen LogP contribution in [-0.2, 0) is 6.61 Å². The van der Waals surface area contributed by atoms with Gasteiger partial charge in [0, 0.05) is 6.07 Å². The summed E-state index contributed by atoms with van der Waals surface area (Å²) >= 11 is 0. The number of benzene rings is 2. The van der Waals surface area contributed by atoms with E-state index in [0.29, 0.717) is 17.9 Å². The zero-order valence-corrected chi connectivity index (χ0v) is 9.55. The largest absolute Gasteiger partial charge is 0.508 e. The summed E-state index contributed by atoms with van der Waals surface area (Å²) in [5.41, 5.74) is 1.60. The van der Waals surface area contributed by atoms with E-state index in [1.165, 1.54) is 12.1 Å². The maximum absolute atomic E-state index is 9.76. The van der Waals surface area contributed by atoms with E-state index in [1.807, 2.05) is 30.3 Å². The van der Waals surface area contributed by atoms with E-state index in [-0.39, 0.29) is 11.5 Å². The summed E-state index contributed by atoms with van der Waals surface area (Å²) < 4.78 is 5.47. The van der Waals surface area contributed by atoms with E-state index in [4.69, 9.17) is 4.74 Å². The Morgan fingerprint density at radius 1 is 1.06 bits per heavy atom. The van der Waals surface area contributed by atoms with Crippen molar-refractivity contribution >= 4 is 0 Å². The topological polar surface area (TPSA) is 49.7 Å². The molecule has 0 spiro atoms. The van der Waals surface area contributed by atoms with Gasteiger partial charge >= 0.3 is 0 Å². The zero-order chi connectivity index (χ0) is 12.3. The maximum Gasteiger partial charge on any atom is 0.165 e. The molecule has 0 unspecified atom stereocenters. The summed E-state index contributed by atoms with van der Waals surface area (Å²) in [6.07, 6.45) is 0. The van der Waals surface area contributed by atoms with Crippen molar-refractivity contribution in [1.82, 2.24) is 0 Å². The number of phenols is 2. The molecule has 0 saturated heterocycles. The van der Waals surface area contributed by atoms with Gasteiger partial charge in [-0.3, -0.25) is 0 Å². The predicted molar refractivity (Wildman–Crippen MR) is 65.3 cm³/mol. The number of phenolic OH excluding ortho intramolecular Hbond substituents is 2. The molecule has 0 fully saturated rings. The molecule has 88 valence electrons. The first-order valence-electron chi connectivity index (χ1n) is 5.36. The van der Waals surface area contributed by atoms with Crippen molar-refractivity contribution in [3.63, 3.8) is 0 Å². The molecular formula is C14H14O3. The SMILES string of the molecule is Cc1cc(O)cc(OCc2ccccc2)c1O. The average Bonchev–Trinajstić information content (AvgIpc) is 2.33. The predicted octanol–water partition coefficient (Wildman–Crippen LogP) is 2.99. The minimum Gasteiger partial charge on any atom is -0.508 e. The molecule has 17 heavy (non-hydrogen) atoms. The van der Waals surface area contributed by atoms with Gasteiger partial charge in [0.2, 0.25) is 0 Å². The Hall–Kier alpha value is -2.16. The summed E-state index contributed by atoms with van der Waals surface area (Å²) in [4.78, 5) is 0. The molecule has 3 heteroatoms. The second-order valence-corrected chi connectivity index (χ2v) is 3.88. The van der Waals surface area contributed by atoms with Crippen molar-refractivity contribution in [3.8, 4) is 17.2 Å². The Labute approximate surface area is 99.9 Å². The Kier molecular flexibility index (Phi) is 3.19. The van der Waals surface area contributed by atoms with Crippen molar-refractivity contribution in [3.05, 3.63) is 53.6 Å². The van der Waals surface area contributed by atoms with Gasteiger partial charge in [-0.25, -0.2) is 0 Å². The zero-order valence-electron chi connectivity index (χ0n) is 9.55. The summed E-state index contributed by atoms with van der Waals surface area (Å²) in [5, 5.41) is 19.2. The highest BCUT2D eigenvalue weighted by Gasteiger charge is 2.07. The molecule has 0 radical (unpaired) electrons. The van der Waals surface area contributed by atoms with Crippen LogP contribution in [0.5, 0.6) is 17.2 Å². The van der Waals surface area contributed by atoms with E-state index >= 15 is 0 Å². The van der Waals surface area contributed by atoms with Gasteiger partial charge in [-0.1, -0.05) is 30.3 Å². The highest BCUT2D eigenvalue weighted by atomic mass is 16.5. The molecule has 2 aromatic rings. The Morgan fingerprint density at radius 2 is 1.76 bits per heavy atom. The molecule has 0 atom stereocenters. The van der Waals surface area contributed by atoms with Crippen LogP contribution in [0.1, 0.15) is 11.1 Å². The number of aryl methyl sites for hydroxylation is 1. The highest BCUT2D eigenvalue weighted by Crippen LogP contribution is 2.34. The first-order chi connectivity index (χ1) is 8.16. The van der Waals surface area contributed by atoms with Gasteiger partial charge in [0.15, 0.2) is 11.5 Å². The average molecular weight is 230 g/mol. The first-order valence-corrected chi connectivity index (χ1v) is 5.36. The van der Waals surface area contributed by atoms with E-state index < -0.39 is 0 Å². The third-order valence-electron chi connectivity index (χ3n) is 2.49. The quantitative estimate of drug-likeness (QED) is 0.797. The molecule has 2 aromatic carbocycles. The molecule has 2 N–H and O–H groups in total. The summed E-state index contributed by atoms with van der Waals surface area (Å²) in [6.45, 7) is 2.07. The van der Waals surface area contributed by atoms with Gasteiger partial charge in [-0.15, -0.1) is 0 Å².